The summed E-state index contributed by atoms with van der Waals surface area (Å²) in [7, 11) is 1.92. The van der Waals surface area contributed by atoms with Gasteiger partial charge in [-0.25, -0.2) is 9.78 Å². The zero-order valence-electron chi connectivity index (χ0n) is 12.4. The fourth-order valence-corrected chi connectivity index (χ4v) is 2.20. The number of fused-ring (bicyclic) bond motifs is 1. The molecule has 1 heterocycles. The highest BCUT2D eigenvalue weighted by atomic mass is 16.5. The Balaban J connectivity index is 1.77. The van der Waals surface area contributed by atoms with Gasteiger partial charge in [-0.2, -0.15) is 0 Å². The van der Waals surface area contributed by atoms with Gasteiger partial charge in [0.1, 0.15) is 11.5 Å². The van der Waals surface area contributed by atoms with Crippen molar-refractivity contribution in [2.75, 3.05) is 6.61 Å². The van der Waals surface area contributed by atoms with E-state index in [1.54, 1.807) is 42.7 Å². The molecule has 0 unspecified atom stereocenters. The van der Waals surface area contributed by atoms with E-state index in [1.165, 1.54) is 0 Å². The van der Waals surface area contributed by atoms with Gasteiger partial charge in [0.15, 0.2) is 0 Å². The van der Waals surface area contributed by atoms with Crippen LogP contribution in [0.25, 0.3) is 11.0 Å². The number of benzene rings is 2. The maximum atomic E-state index is 12.1. The number of hydrogen-bond acceptors (Lipinski definition) is 4. The molecular weight excluding hydrogens is 280 g/mol. The number of aromatic nitrogens is 2. The Hall–Kier alpha value is -2.82. The SMILES string of the molecule is CCOc1ccc(C(=O)Oc2ccc3c(c2)ncn3C)cc1. The Morgan fingerprint density at radius 1 is 1.14 bits per heavy atom. The van der Waals surface area contributed by atoms with Crippen LogP contribution in [-0.2, 0) is 7.05 Å². The molecule has 3 aromatic rings. The van der Waals surface area contributed by atoms with Crippen LogP contribution in [0.3, 0.4) is 0 Å². The third-order valence-electron chi connectivity index (χ3n) is 3.31. The van der Waals surface area contributed by atoms with Gasteiger partial charge in [-0.05, 0) is 43.3 Å². The van der Waals surface area contributed by atoms with E-state index in [1.807, 2.05) is 24.6 Å². The predicted octanol–water partition coefficient (Wildman–Crippen LogP) is 3.19. The van der Waals surface area contributed by atoms with Crippen LogP contribution in [0.2, 0.25) is 0 Å². The van der Waals surface area contributed by atoms with Crippen LogP contribution in [-0.4, -0.2) is 22.1 Å². The third kappa shape index (κ3) is 2.79. The van der Waals surface area contributed by atoms with Gasteiger partial charge < -0.3 is 14.0 Å². The smallest absolute Gasteiger partial charge is 0.343 e. The summed E-state index contributed by atoms with van der Waals surface area (Å²) in [5.74, 6) is 0.803. The molecule has 0 fully saturated rings. The molecule has 0 bridgehead atoms. The second-order valence-corrected chi connectivity index (χ2v) is 4.85. The maximum absolute atomic E-state index is 12.1. The molecule has 5 heteroatoms. The molecule has 0 radical (unpaired) electrons. The highest BCUT2D eigenvalue weighted by Crippen LogP contribution is 2.21. The van der Waals surface area contributed by atoms with Crippen molar-refractivity contribution >= 4 is 17.0 Å². The van der Waals surface area contributed by atoms with E-state index < -0.39 is 5.97 Å². The molecule has 0 saturated carbocycles. The van der Waals surface area contributed by atoms with E-state index in [4.69, 9.17) is 9.47 Å². The number of ether oxygens (including phenoxy) is 2. The number of imidazole rings is 1. The van der Waals surface area contributed by atoms with Crippen molar-refractivity contribution in [3.63, 3.8) is 0 Å². The van der Waals surface area contributed by atoms with Crippen molar-refractivity contribution in [1.29, 1.82) is 0 Å². The summed E-state index contributed by atoms with van der Waals surface area (Å²) < 4.78 is 12.6. The summed E-state index contributed by atoms with van der Waals surface area (Å²) in [6.07, 6.45) is 1.72. The molecular formula is C17H16N2O3. The topological polar surface area (TPSA) is 53.4 Å². The van der Waals surface area contributed by atoms with Gasteiger partial charge in [0, 0.05) is 13.1 Å². The molecule has 0 spiro atoms. The fourth-order valence-electron chi connectivity index (χ4n) is 2.20. The van der Waals surface area contributed by atoms with Gasteiger partial charge in [-0.1, -0.05) is 0 Å². The van der Waals surface area contributed by atoms with Crippen LogP contribution in [0, 0.1) is 0 Å². The number of esters is 1. The zero-order valence-corrected chi connectivity index (χ0v) is 12.4. The van der Waals surface area contributed by atoms with Gasteiger partial charge in [0.05, 0.1) is 29.5 Å². The zero-order chi connectivity index (χ0) is 15.5. The number of nitrogens with zero attached hydrogens (tertiary/aromatic N) is 2. The second-order valence-electron chi connectivity index (χ2n) is 4.85. The summed E-state index contributed by atoms with van der Waals surface area (Å²) in [6.45, 7) is 2.50. The van der Waals surface area contributed by atoms with E-state index in [-0.39, 0.29) is 0 Å². The van der Waals surface area contributed by atoms with Gasteiger partial charge in [0.25, 0.3) is 0 Å². The van der Waals surface area contributed by atoms with E-state index in [0.29, 0.717) is 17.9 Å². The summed E-state index contributed by atoms with van der Waals surface area (Å²) >= 11 is 0. The Morgan fingerprint density at radius 3 is 2.59 bits per heavy atom. The first kappa shape index (κ1) is 14.1. The first-order valence-corrected chi connectivity index (χ1v) is 7.03. The van der Waals surface area contributed by atoms with Crippen molar-refractivity contribution in [2.24, 2.45) is 7.05 Å². The highest BCUT2D eigenvalue weighted by Gasteiger charge is 2.10. The molecule has 0 amide bonds. The Kier molecular flexibility index (Phi) is 3.78. The molecule has 112 valence electrons. The van der Waals surface area contributed by atoms with Crippen molar-refractivity contribution in [1.82, 2.24) is 9.55 Å². The van der Waals surface area contributed by atoms with Gasteiger partial charge >= 0.3 is 5.97 Å². The lowest BCUT2D eigenvalue weighted by Gasteiger charge is -2.06. The number of hydrogen-bond donors (Lipinski definition) is 0. The number of rotatable bonds is 4. The van der Waals surface area contributed by atoms with Crippen molar-refractivity contribution in [2.45, 2.75) is 6.92 Å². The van der Waals surface area contributed by atoms with Gasteiger partial charge in [0.2, 0.25) is 0 Å². The fraction of sp³-hybridized carbons (Fsp3) is 0.176. The third-order valence-corrected chi connectivity index (χ3v) is 3.31. The van der Waals surface area contributed by atoms with E-state index in [9.17, 15) is 4.79 Å². The minimum Gasteiger partial charge on any atom is -0.494 e. The molecule has 1 aromatic heterocycles. The lowest BCUT2D eigenvalue weighted by Crippen LogP contribution is -2.08. The standard InChI is InChI=1S/C17H16N2O3/c1-3-21-13-6-4-12(5-7-13)17(20)22-14-8-9-16-15(10-14)18-11-19(16)2/h4-11H,3H2,1-2H3. The summed E-state index contributed by atoms with van der Waals surface area (Å²) in [5.41, 5.74) is 2.25. The molecule has 0 aliphatic carbocycles. The Labute approximate surface area is 128 Å². The molecule has 0 saturated heterocycles. The highest BCUT2D eigenvalue weighted by molar-refractivity contribution is 5.91. The predicted molar refractivity (Wildman–Crippen MR) is 83.3 cm³/mol. The van der Waals surface area contributed by atoms with Crippen molar-refractivity contribution in [3.8, 4) is 11.5 Å². The van der Waals surface area contributed by atoms with Crippen LogP contribution < -0.4 is 9.47 Å². The van der Waals surface area contributed by atoms with Crippen LogP contribution in [0.15, 0.2) is 48.8 Å². The monoisotopic (exact) mass is 296 g/mol. The average Bonchev–Trinajstić information content (AvgIpc) is 2.89. The van der Waals surface area contributed by atoms with Gasteiger partial charge in [-0.3, -0.25) is 0 Å². The summed E-state index contributed by atoms with van der Waals surface area (Å²) in [4.78, 5) is 16.4. The molecule has 22 heavy (non-hydrogen) atoms. The first-order chi connectivity index (χ1) is 10.7. The normalized spacial score (nSPS) is 10.6. The lowest BCUT2D eigenvalue weighted by atomic mass is 10.2. The molecule has 3 rings (SSSR count). The van der Waals surface area contributed by atoms with E-state index >= 15 is 0 Å². The second kappa shape index (κ2) is 5.89. The van der Waals surface area contributed by atoms with Crippen molar-refractivity contribution < 1.29 is 14.3 Å². The van der Waals surface area contributed by atoms with Gasteiger partial charge in [-0.15, -0.1) is 0 Å². The molecule has 2 aromatic carbocycles. The van der Waals surface area contributed by atoms with Crippen LogP contribution in [0.4, 0.5) is 0 Å². The molecule has 0 aliphatic rings. The number of carbonyl (C=O) groups excluding carboxylic acids is 1. The first-order valence-electron chi connectivity index (χ1n) is 7.03. The van der Waals surface area contributed by atoms with E-state index in [0.717, 1.165) is 16.8 Å². The lowest BCUT2D eigenvalue weighted by molar-refractivity contribution is 0.0735. The minimum atomic E-state index is -0.404. The summed E-state index contributed by atoms with van der Waals surface area (Å²) in [5, 5.41) is 0. The van der Waals surface area contributed by atoms with E-state index in [2.05, 4.69) is 4.98 Å². The Bertz CT molecular complexity index is 806. The Morgan fingerprint density at radius 2 is 1.86 bits per heavy atom. The minimum absolute atomic E-state index is 0.404. The maximum Gasteiger partial charge on any atom is 0.343 e. The molecule has 0 aliphatic heterocycles. The quantitative estimate of drug-likeness (QED) is 0.548. The average molecular weight is 296 g/mol. The summed E-state index contributed by atoms with van der Waals surface area (Å²) in [6, 6.07) is 12.3. The van der Waals surface area contributed by atoms with Crippen molar-refractivity contribution in [3.05, 3.63) is 54.4 Å². The largest absolute Gasteiger partial charge is 0.494 e. The van der Waals surface area contributed by atoms with Crippen LogP contribution in [0.1, 0.15) is 17.3 Å². The van der Waals surface area contributed by atoms with Crippen LogP contribution >= 0.6 is 0 Å². The number of carbonyl (C=O) groups is 1. The number of aryl methyl sites for hydroxylation is 1. The molecule has 0 N–H and O–H groups in total. The molecule has 0 atom stereocenters. The van der Waals surface area contributed by atoms with Crippen LogP contribution in [0.5, 0.6) is 11.5 Å². The molecule has 5 nitrogen and oxygen atoms in total.